The van der Waals surface area contributed by atoms with Crippen LogP contribution in [0.2, 0.25) is 5.02 Å². The third kappa shape index (κ3) is 3.98. The van der Waals surface area contributed by atoms with Crippen molar-refractivity contribution in [3.63, 3.8) is 0 Å². The van der Waals surface area contributed by atoms with E-state index in [1.165, 1.54) is 0 Å². The number of benzene rings is 1. The van der Waals surface area contributed by atoms with Crippen molar-refractivity contribution >= 4 is 28.8 Å². The highest BCUT2D eigenvalue weighted by molar-refractivity contribution is 7.11. The number of hydrogen-bond acceptors (Lipinski definition) is 4. The topological polar surface area (TPSA) is 83.8 Å². The molecule has 1 amide bonds. The minimum Gasteiger partial charge on any atom is -0.351 e. The molecule has 0 fully saturated rings. The summed E-state index contributed by atoms with van der Waals surface area (Å²) in [6.07, 6.45) is 0.757. The lowest BCUT2D eigenvalue weighted by atomic mass is 10.2. The fourth-order valence-corrected chi connectivity index (χ4v) is 3.89. The molecule has 0 bridgehead atoms. The Labute approximate surface area is 161 Å². The largest absolute Gasteiger partial charge is 0.351 e. The van der Waals surface area contributed by atoms with Crippen LogP contribution in [0.1, 0.15) is 45.5 Å². The predicted molar refractivity (Wildman–Crippen MR) is 106 cm³/mol. The van der Waals surface area contributed by atoms with Gasteiger partial charge in [0.25, 0.3) is 5.91 Å². The van der Waals surface area contributed by atoms with Gasteiger partial charge in [0.15, 0.2) is 0 Å². The number of rotatable bonds is 6. The number of carbonyl (C=O) groups is 1. The number of thiazole rings is 1. The van der Waals surface area contributed by atoms with Crippen LogP contribution < -0.4 is 11.1 Å². The molecule has 0 saturated carbocycles. The first-order valence-corrected chi connectivity index (χ1v) is 9.63. The number of aryl methyl sites for hydroxylation is 1. The summed E-state index contributed by atoms with van der Waals surface area (Å²) >= 11 is 7.48. The molecule has 7 heteroatoms. The summed E-state index contributed by atoms with van der Waals surface area (Å²) in [4.78, 5) is 21.4. The highest BCUT2D eigenvalue weighted by Gasteiger charge is 2.19. The summed E-state index contributed by atoms with van der Waals surface area (Å²) in [7, 11) is 0. The summed E-state index contributed by atoms with van der Waals surface area (Å²) in [6.45, 7) is 4.44. The van der Waals surface area contributed by atoms with Gasteiger partial charge in [-0.1, -0.05) is 30.7 Å². The standard InChI is InChI=1S/C19H21ClN4OS/c1-3-14(19-22-11(2)17(10-21)26-19)24-18(25)16-9-8-15(23-16)12-4-6-13(20)7-5-12/h4-9,14,23H,3,10,21H2,1-2H3,(H,24,25). The Morgan fingerprint density at radius 1 is 1.31 bits per heavy atom. The van der Waals surface area contributed by atoms with E-state index in [1.807, 2.05) is 44.2 Å². The van der Waals surface area contributed by atoms with Gasteiger partial charge in [0.2, 0.25) is 0 Å². The van der Waals surface area contributed by atoms with Gasteiger partial charge < -0.3 is 16.0 Å². The molecule has 0 aliphatic heterocycles. The van der Waals surface area contributed by atoms with E-state index < -0.39 is 0 Å². The SMILES string of the molecule is CCC(NC(=O)c1ccc(-c2ccc(Cl)cc2)[nH]1)c1nc(C)c(CN)s1. The van der Waals surface area contributed by atoms with Crippen LogP contribution in [0.3, 0.4) is 0 Å². The van der Waals surface area contributed by atoms with E-state index >= 15 is 0 Å². The molecule has 0 aliphatic rings. The zero-order chi connectivity index (χ0) is 18.7. The van der Waals surface area contributed by atoms with Crippen molar-refractivity contribution < 1.29 is 4.79 Å². The predicted octanol–water partition coefficient (Wildman–Crippen LogP) is 4.44. The third-order valence-corrected chi connectivity index (χ3v) is 5.74. The Morgan fingerprint density at radius 2 is 2.04 bits per heavy atom. The summed E-state index contributed by atoms with van der Waals surface area (Å²) in [5.74, 6) is -0.154. The maximum atomic E-state index is 12.6. The molecule has 5 nitrogen and oxygen atoms in total. The van der Waals surface area contributed by atoms with Crippen LogP contribution in [0.5, 0.6) is 0 Å². The molecule has 3 aromatic rings. The van der Waals surface area contributed by atoms with E-state index in [9.17, 15) is 4.79 Å². The second-order valence-electron chi connectivity index (χ2n) is 5.99. The van der Waals surface area contributed by atoms with Crippen LogP contribution in [0.25, 0.3) is 11.3 Å². The number of carbonyl (C=O) groups excluding carboxylic acids is 1. The molecule has 0 aliphatic carbocycles. The third-order valence-electron chi connectivity index (χ3n) is 4.19. The number of aromatic amines is 1. The van der Waals surface area contributed by atoms with Crippen LogP contribution in [0.15, 0.2) is 36.4 Å². The second kappa shape index (κ2) is 8.03. The molecule has 0 spiro atoms. The highest BCUT2D eigenvalue weighted by Crippen LogP contribution is 2.26. The molecule has 2 heterocycles. The molecule has 0 radical (unpaired) electrons. The van der Waals surface area contributed by atoms with Crippen molar-refractivity contribution in [3.8, 4) is 11.3 Å². The number of nitrogens with zero attached hydrogens (tertiary/aromatic N) is 1. The fraction of sp³-hybridized carbons (Fsp3) is 0.263. The molecular formula is C19H21ClN4OS. The Morgan fingerprint density at radius 3 is 2.65 bits per heavy atom. The first kappa shape index (κ1) is 18.6. The Bertz CT molecular complexity index is 901. The van der Waals surface area contributed by atoms with E-state index in [0.29, 0.717) is 17.3 Å². The summed E-state index contributed by atoms with van der Waals surface area (Å²) in [5.41, 5.74) is 9.03. The minimum atomic E-state index is -0.154. The van der Waals surface area contributed by atoms with Gasteiger partial charge in [-0.15, -0.1) is 11.3 Å². The molecule has 4 N–H and O–H groups in total. The quantitative estimate of drug-likeness (QED) is 0.583. The van der Waals surface area contributed by atoms with Gasteiger partial charge in [0.1, 0.15) is 10.7 Å². The summed E-state index contributed by atoms with van der Waals surface area (Å²) < 4.78 is 0. The first-order valence-electron chi connectivity index (χ1n) is 8.44. The Balaban J connectivity index is 1.75. The molecule has 1 atom stereocenters. The number of H-pyrrole nitrogens is 1. The molecule has 1 aromatic carbocycles. The molecule has 3 rings (SSSR count). The van der Waals surface area contributed by atoms with E-state index in [2.05, 4.69) is 15.3 Å². The molecule has 26 heavy (non-hydrogen) atoms. The van der Waals surface area contributed by atoms with Crippen LogP contribution in [0.4, 0.5) is 0 Å². The van der Waals surface area contributed by atoms with Crippen LogP contribution >= 0.6 is 22.9 Å². The number of halogens is 1. The zero-order valence-electron chi connectivity index (χ0n) is 14.7. The molecule has 1 unspecified atom stereocenters. The van der Waals surface area contributed by atoms with Crippen molar-refractivity contribution in [2.24, 2.45) is 5.73 Å². The number of aromatic nitrogens is 2. The second-order valence-corrected chi connectivity index (χ2v) is 7.54. The normalized spacial score (nSPS) is 12.2. The number of nitrogens with one attached hydrogen (secondary N) is 2. The molecule has 0 saturated heterocycles. The number of nitrogens with two attached hydrogens (primary N) is 1. The lowest BCUT2D eigenvalue weighted by Crippen LogP contribution is -2.28. The van der Waals surface area contributed by atoms with E-state index in [-0.39, 0.29) is 11.9 Å². The summed E-state index contributed by atoms with van der Waals surface area (Å²) in [6, 6.07) is 11.0. The smallest absolute Gasteiger partial charge is 0.268 e. The van der Waals surface area contributed by atoms with E-state index in [1.54, 1.807) is 17.4 Å². The van der Waals surface area contributed by atoms with Crippen molar-refractivity contribution in [1.29, 1.82) is 0 Å². The Kier molecular flexibility index (Phi) is 5.76. The minimum absolute atomic E-state index is 0.131. The highest BCUT2D eigenvalue weighted by atomic mass is 35.5. The van der Waals surface area contributed by atoms with Crippen LogP contribution in [-0.2, 0) is 6.54 Å². The average Bonchev–Trinajstić information content (AvgIpc) is 3.27. The average molecular weight is 389 g/mol. The van der Waals surface area contributed by atoms with Crippen molar-refractivity contribution in [2.75, 3.05) is 0 Å². The van der Waals surface area contributed by atoms with Gasteiger partial charge in [0, 0.05) is 22.1 Å². The van der Waals surface area contributed by atoms with Crippen LogP contribution in [-0.4, -0.2) is 15.9 Å². The Hall–Kier alpha value is -2.15. The van der Waals surface area contributed by atoms with Gasteiger partial charge in [0.05, 0.1) is 11.7 Å². The fourth-order valence-electron chi connectivity index (χ4n) is 2.69. The van der Waals surface area contributed by atoms with E-state index in [4.69, 9.17) is 17.3 Å². The maximum Gasteiger partial charge on any atom is 0.268 e. The maximum absolute atomic E-state index is 12.6. The van der Waals surface area contributed by atoms with Crippen molar-refractivity contribution in [3.05, 3.63) is 62.7 Å². The lowest BCUT2D eigenvalue weighted by molar-refractivity contribution is 0.0931. The van der Waals surface area contributed by atoms with Gasteiger partial charge in [-0.2, -0.15) is 0 Å². The molecule has 2 aromatic heterocycles. The van der Waals surface area contributed by atoms with Gasteiger partial charge in [-0.3, -0.25) is 4.79 Å². The van der Waals surface area contributed by atoms with Crippen molar-refractivity contribution in [1.82, 2.24) is 15.3 Å². The monoisotopic (exact) mass is 388 g/mol. The molecular weight excluding hydrogens is 368 g/mol. The van der Waals surface area contributed by atoms with Gasteiger partial charge in [-0.25, -0.2) is 4.98 Å². The summed E-state index contributed by atoms with van der Waals surface area (Å²) in [5, 5.41) is 4.63. The zero-order valence-corrected chi connectivity index (χ0v) is 16.2. The number of hydrogen-bond donors (Lipinski definition) is 3. The van der Waals surface area contributed by atoms with E-state index in [0.717, 1.165) is 33.3 Å². The number of amides is 1. The van der Waals surface area contributed by atoms with Crippen LogP contribution in [0, 0.1) is 6.92 Å². The van der Waals surface area contributed by atoms with Gasteiger partial charge >= 0.3 is 0 Å². The molecule has 136 valence electrons. The first-order chi connectivity index (χ1) is 12.5. The van der Waals surface area contributed by atoms with Gasteiger partial charge in [-0.05, 0) is 43.2 Å². The van der Waals surface area contributed by atoms with Crippen molar-refractivity contribution in [2.45, 2.75) is 32.9 Å². The lowest BCUT2D eigenvalue weighted by Gasteiger charge is -2.13.